The van der Waals surface area contributed by atoms with Gasteiger partial charge in [0.15, 0.2) is 5.65 Å². The van der Waals surface area contributed by atoms with Gasteiger partial charge in [0.25, 0.3) is 0 Å². The zero-order valence-electron chi connectivity index (χ0n) is 7.29. The molecule has 3 rings (SSSR count). The van der Waals surface area contributed by atoms with E-state index in [-0.39, 0.29) is 0 Å². The molecule has 0 radical (unpaired) electrons. The Morgan fingerprint density at radius 2 is 2.21 bits per heavy atom. The van der Waals surface area contributed by atoms with Crippen molar-refractivity contribution in [3.63, 3.8) is 0 Å². The molecule has 0 amide bonds. The van der Waals surface area contributed by atoms with Crippen LogP contribution < -0.4 is 0 Å². The zero-order chi connectivity index (χ0) is 9.38. The first-order valence-electron chi connectivity index (χ1n) is 4.27. The molecule has 0 aromatic carbocycles. The second-order valence-corrected chi connectivity index (χ2v) is 2.92. The molecule has 14 heavy (non-hydrogen) atoms. The van der Waals surface area contributed by atoms with E-state index >= 15 is 0 Å². The first-order chi connectivity index (χ1) is 6.95. The molecule has 0 spiro atoms. The lowest BCUT2D eigenvalue weighted by Crippen LogP contribution is -1.90. The van der Waals surface area contributed by atoms with Crippen molar-refractivity contribution in [1.29, 1.82) is 0 Å². The molecule has 0 bridgehead atoms. The van der Waals surface area contributed by atoms with Gasteiger partial charge in [-0.05, 0) is 18.2 Å². The summed E-state index contributed by atoms with van der Waals surface area (Å²) in [4.78, 5) is 4.22. The lowest BCUT2D eigenvalue weighted by molar-refractivity contribution is 0.582. The van der Waals surface area contributed by atoms with Gasteiger partial charge in [-0.2, -0.15) is 5.10 Å². The van der Waals surface area contributed by atoms with Crippen LogP contribution in [0.1, 0.15) is 0 Å². The Kier molecular flexibility index (Phi) is 1.41. The van der Waals surface area contributed by atoms with Gasteiger partial charge in [0.1, 0.15) is 5.76 Å². The van der Waals surface area contributed by atoms with E-state index in [1.807, 2.05) is 24.4 Å². The maximum Gasteiger partial charge on any atom is 0.164 e. The van der Waals surface area contributed by atoms with E-state index in [4.69, 9.17) is 4.42 Å². The Morgan fingerprint density at radius 1 is 1.21 bits per heavy atom. The molecule has 3 heterocycles. The molecule has 3 aromatic heterocycles. The predicted molar refractivity (Wildman–Crippen MR) is 50.7 cm³/mol. The monoisotopic (exact) mass is 185 g/mol. The van der Waals surface area contributed by atoms with Crippen molar-refractivity contribution in [2.75, 3.05) is 0 Å². The van der Waals surface area contributed by atoms with Crippen LogP contribution in [0.3, 0.4) is 0 Å². The van der Waals surface area contributed by atoms with Gasteiger partial charge in [-0.15, -0.1) is 0 Å². The van der Waals surface area contributed by atoms with E-state index in [0.717, 1.165) is 17.0 Å². The summed E-state index contributed by atoms with van der Waals surface area (Å²) in [6.45, 7) is 0. The van der Waals surface area contributed by atoms with Gasteiger partial charge in [-0.25, -0.2) is 9.50 Å². The molecule has 3 aromatic rings. The number of furan rings is 1. The van der Waals surface area contributed by atoms with Crippen LogP contribution >= 0.6 is 0 Å². The van der Waals surface area contributed by atoms with Crippen molar-refractivity contribution in [3.8, 4) is 11.3 Å². The molecule has 0 aliphatic rings. The van der Waals surface area contributed by atoms with Crippen LogP contribution in [0.2, 0.25) is 0 Å². The number of nitrogens with zero attached hydrogens (tertiary/aromatic N) is 3. The van der Waals surface area contributed by atoms with Gasteiger partial charge in [0.05, 0.1) is 11.8 Å². The van der Waals surface area contributed by atoms with Crippen LogP contribution in [0.25, 0.3) is 17.0 Å². The lowest BCUT2D eigenvalue weighted by atomic mass is 10.2. The minimum Gasteiger partial charge on any atom is -0.464 e. The van der Waals surface area contributed by atoms with Crippen LogP contribution in [-0.4, -0.2) is 14.6 Å². The van der Waals surface area contributed by atoms with Crippen molar-refractivity contribution < 1.29 is 4.42 Å². The lowest BCUT2D eigenvalue weighted by Gasteiger charge is -1.98. The Hall–Kier alpha value is -2.10. The summed E-state index contributed by atoms with van der Waals surface area (Å²) < 4.78 is 7.04. The summed E-state index contributed by atoms with van der Waals surface area (Å²) in [5.74, 6) is 0.809. The first kappa shape index (κ1) is 7.32. The fraction of sp³-hybridized carbons (Fsp3) is 0. The molecule has 0 saturated heterocycles. The number of fused-ring (bicyclic) bond motifs is 1. The molecule has 0 N–H and O–H groups in total. The van der Waals surface area contributed by atoms with Crippen molar-refractivity contribution >= 4 is 5.65 Å². The number of rotatable bonds is 1. The molecular weight excluding hydrogens is 178 g/mol. The van der Waals surface area contributed by atoms with Crippen LogP contribution in [0.4, 0.5) is 0 Å². The van der Waals surface area contributed by atoms with Crippen LogP contribution in [0.15, 0.2) is 47.5 Å². The molecule has 4 nitrogen and oxygen atoms in total. The van der Waals surface area contributed by atoms with Gasteiger partial charge >= 0.3 is 0 Å². The topological polar surface area (TPSA) is 43.3 Å². The molecule has 0 aliphatic carbocycles. The number of imidazole rings is 1. The zero-order valence-corrected chi connectivity index (χ0v) is 7.29. The van der Waals surface area contributed by atoms with E-state index in [9.17, 15) is 0 Å². The van der Waals surface area contributed by atoms with E-state index in [0.29, 0.717) is 0 Å². The maximum atomic E-state index is 5.32. The molecule has 0 atom stereocenters. The van der Waals surface area contributed by atoms with E-state index in [1.165, 1.54) is 0 Å². The van der Waals surface area contributed by atoms with Crippen molar-refractivity contribution in [2.24, 2.45) is 0 Å². The van der Waals surface area contributed by atoms with E-state index in [2.05, 4.69) is 10.1 Å². The molecule has 0 saturated carbocycles. The summed E-state index contributed by atoms with van der Waals surface area (Å²) in [5, 5.41) is 4.12. The molecule has 0 fully saturated rings. The normalized spacial score (nSPS) is 10.9. The van der Waals surface area contributed by atoms with E-state index < -0.39 is 0 Å². The summed E-state index contributed by atoms with van der Waals surface area (Å²) in [6, 6.07) is 5.65. The fourth-order valence-corrected chi connectivity index (χ4v) is 1.46. The third kappa shape index (κ3) is 0.939. The highest BCUT2D eigenvalue weighted by Gasteiger charge is 2.06. The van der Waals surface area contributed by atoms with E-state index in [1.54, 1.807) is 23.2 Å². The van der Waals surface area contributed by atoms with Crippen LogP contribution in [-0.2, 0) is 0 Å². The molecule has 0 unspecified atom stereocenters. The molecule has 68 valence electrons. The van der Waals surface area contributed by atoms with Gasteiger partial charge < -0.3 is 4.42 Å². The van der Waals surface area contributed by atoms with Crippen LogP contribution in [0.5, 0.6) is 0 Å². The average Bonchev–Trinajstić information content (AvgIpc) is 2.88. The Bertz CT molecular complexity index is 554. The largest absolute Gasteiger partial charge is 0.464 e. The van der Waals surface area contributed by atoms with Gasteiger partial charge in [0.2, 0.25) is 0 Å². The van der Waals surface area contributed by atoms with Crippen molar-refractivity contribution in [1.82, 2.24) is 14.6 Å². The summed E-state index contributed by atoms with van der Waals surface area (Å²) in [7, 11) is 0. The second-order valence-electron chi connectivity index (χ2n) is 2.92. The standard InChI is InChI=1S/C10H7N3O/c1-2-9(14-7-1)8-3-4-12-13-6-5-11-10(8)13/h1-7H. The highest BCUT2D eigenvalue weighted by atomic mass is 16.3. The van der Waals surface area contributed by atoms with Gasteiger partial charge in [0, 0.05) is 18.6 Å². The molecule has 0 aliphatic heterocycles. The third-order valence-corrected chi connectivity index (χ3v) is 2.08. The number of hydrogen-bond acceptors (Lipinski definition) is 3. The van der Waals surface area contributed by atoms with Crippen molar-refractivity contribution in [3.05, 3.63) is 43.1 Å². The van der Waals surface area contributed by atoms with Gasteiger partial charge in [-0.1, -0.05) is 0 Å². The number of hydrogen-bond donors (Lipinski definition) is 0. The van der Waals surface area contributed by atoms with Crippen LogP contribution in [0, 0.1) is 0 Å². The summed E-state index contributed by atoms with van der Waals surface area (Å²) in [5.41, 5.74) is 1.76. The Balaban J connectivity index is 2.36. The number of aromatic nitrogens is 3. The average molecular weight is 185 g/mol. The highest BCUT2D eigenvalue weighted by molar-refractivity contribution is 5.72. The minimum absolute atomic E-state index is 0.808. The fourth-order valence-electron chi connectivity index (χ4n) is 1.46. The SMILES string of the molecule is c1coc(-c2ccnn3ccnc23)c1. The maximum absolute atomic E-state index is 5.32. The second kappa shape index (κ2) is 2.70. The highest BCUT2D eigenvalue weighted by Crippen LogP contribution is 2.22. The summed E-state index contributed by atoms with van der Waals surface area (Å²) >= 11 is 0. The predicted octanol–water partition coefficient (Wildman–Crippen LogP) is 1.99. The smallest absolute Gasteiger partial charge is 0.164 e. The minimum atomic E-state index is 0.808. The Morgan fingerprint density at radius 3 is 3.07 bits per heavy atom. The summed E-state index contributed by atoms with van der Waals surface area (Å²) in [6.07, 6.45) is 6.90. The third-order valence-electron chi connectivity index (χ3n) is 2.08. The first-order valence-corrected chi connectivity index (χ1v) is 4.27. The Labute approximate surface area is 79.8 Å². The quantitative estimate of drug-likeness (QED) is 0.582. The van der Waals surface area contributed by atoms with Gasteiger partial charge in [-0.3, -0.25) is 0 Å². The molecule has 4 heteroatoms. The molecular formula is C10H7N3O. The van der Waals surface area contributed by atoms with Crippen molar-refractivity contribution in [2.45, 2.75) is 0 Å².